The zero-order valence-electron chi connectivity index (χ0n) is 19.8. The van der Waals surface area contributed by atoms with Crippen molar-refractivity contribution in [2.75, 3.05) is 13.1 Å². The first-order valence-electron chi connectivity index (χ1n) is 11.8. The Morgan fingerprint density at radius 3 is 2.59 bits per heavy atom. The van der Waals surface area contributed by atoms with Crippen LogP contribution in [-0.4, -0.2) is 33.4 Å². The summed E-state index contributed by atoms with van der Waals surface area (Å²) < 4.78 is 1.76. The van der Waals surface area contributed by atoms with Crippen LogP contribution in [-0.2, 0) is 19.6 Å². The first-order valence-corrected chi connectivity index (χ1v) is 12.2. The molecule has 1 aromatic heterocycles. The number of likely N-dealkylation sites (tertiary alicyclic amines) is 1. The Morgan fingerprint density at radius 1 is 1.18 bits per heavy atom. The van der Waals surface area contributed by atoms with Crippen molar-refractivity contribution in [3.63, 3.8) is 0 Å². The highest BCUT2D eigenvalue weighted by molar-refractivity contribution is 7.71. The van der Waals surface area contributed by atoms with E-state index >= 15 is 0 Å². The normalized spacial score (nSPS) is 18.6. The number of aromatic nitrogens is 2. The van der Waals surface area contributed by atoms with Crippen molar-refractivity contribution >= 4 is 29.0 Å². The third-order valence-corrected chi connectivity index (χ3v) is 6.77. The molecule has 178 valence electrons. The Kier molecular flexibility index (Phi) is 7.44. The van der Waals surface area contributed by atoms with Crippen LogP contribution in [0.3, 0.4) is 0 Å². The van der Waals surface area contributed by atoms with E-state index < -0.39 is 0 Å². The van der Waals surface area contributed by atoms with Crippen molar-refractivity contribution in [2.24, 2.45) is 11.8 Å². The second-order valence-corrected chi connectivity index (χ2v) is 9.87. The van der Waals surface area contributed by atoms with E-state index in [4.69, 9.17) is 12.2 Å². The summed E-state index contributed by atoms with van der Waals surface area (Å²) in [6, 6.07) is 13.3. The highest BCUT2D eigenvalue weighted by Crippen LogP contribution is 2.23. The first-order chi connectivity index (χ1) is 16.4. The molecule has 2 atom stereocenters. The summed E-state index contributed by atoms with van der Waals surface area (Å²) >= 11 is 5.31. The average molecular weight is 477 g/mol. The summed E-state index contributed by atoms with van der Waals surface area (Å²) in [5, 5.41) is 3.53. The smallest absolute Gasteiger partial charge is 0.262 e. The molecule has 0 bridgehead atoms. The van der Waals surface area contributed by atoms with E-state index in [0.717, 1.165) is 25.2 Å². The van der Waals surface area contributed by atoms with Gasteiger partial charge in [-0.05, 0) is 59.8 Å². The molecule has 0 radical (unpaired) electrons. The van der Waals surface area contributed by atoms with Crippen molar-refractivity contribution in [1.29, 1.82) is 0 Å². The van der Waals surface area contributed by atoms with Crippen molar-refractivity contribution in [1.82, 2.24) is 19.8 Å². The molecule has 4 rings (SSSR count). The molecule has 1 saturated heterocycles. The third-order valence-electron chi connectivity index (χ3n) is 6.45. The predicted molar refractivity (Wildman–Crippen MR) is 139 cm³/mol. The zero-order chi connectivity index (χ0) is 24.2. The molecule has 2 heterocycles. The second kappa shape index (κ2) is 10.5. The van der Waals surface area contributed by atoms with Crippen LogP contribution in [0.5, 0.6) is 0 Å². The van der Waals surface area contributed by atoms with E-state index in [9.17, 15) is 9.59 Å². The maximum Gasteiger partial charge on any atom is 0.262 e. The van der Waals surface area contributed by atoms with E-state index in [1.54, 1.807) is 24.3 Å². The molecule has 0 saturated carbocycles. The Hall–Kier alpha value is -3.03. The van der Waals surface area contributed by atoms with Crippen LogP contribution in [0, 0.1) is 16.6 Å². The Labute approximate surface area is 205 Å². The zero-order valence-corrected chi connectivity index (χ0v) is 20.7. The van der Waals surface area contributed by atoms with Crippen LogP contribution in [0.15, 0.2) is 59.9 Å². The summed E-state index contributed by atoms with van der Waals surface area (Å²) in [7, 11) is 0. The third kappa shape index (κ3) is 5.37. The number of aromatic amines is 1. The molecule has 1 fully saturated rings. The Balaban J connectivity index is 1.49. The number of hydrogen-bond donors (Lipinski definition) is 2. The van der Waals surface area contributed by atoms with Gasteiger partial charge in [-0.2, -0.15) is 0 Å². The SMILES string of the molecule is C=CCn1c(=S)[nH]c2cc(C(=O)NCc3ccccc3CN3CC(C)CC(C)C3)ccc2c1=O. The molecule has 2 aromatic carbocycles. The predicted octanol–water partition coefficient (Wildman–Crippen LogP) is 4.65. The molecule has 1 aliphatic heterocycles. The highest BCUT2D eigenvalue weighted by atomic mass is 32.1. The van der Waals surface area contributed by atoms with Gasteiger partial charge in [0.05, 0.1) is 10.9 Å². The monoisotopic (exact) mass is 476 g/mol. The standard InChI is InChI=1S/C27H32N4O2S/c1-4-11-31-26(33)23-10-9-20(13-24(23)29-27(31)34)25(32)28-14-21-7-5-6-8-22(21)17-30-15-18(2)12-19(3)16-30/h4-10,13,18-19H,1,11-12,14-17H2,2-3H3,(H,28,32)(H,29,34). The molecule has 2 N–H and O–H groups in total. The fourth-order valence-electron chi connectivity index (χ4n) is 5.01. The molecule has 1 aliphatic rings. The van der Waals surface area contributed by atoms with E-state index in [0.29, 0.717) is 46.2 Å². The average Bonchev–Trinajstić information content (AvgIpc) is 2.80. The number of allylic oxidation sites excluding steroid dienone is 1. The largest absolute Gasteiger partial charge is 0.348 e. The summed E-state index contributed by atoms with van der Waals surface area (Å²) in [6.45, 7) is 12.2. The molecule has 7 heteroatoms. The number of H-pyrrole nitrogens is 1. The topological polar surface area (TPSA) is 70.1 Å². The van der Waals surface area contributed by atoms with E-state index in [1.165, 1.54) is 16.6 Å². The van der Waals surface area contributed by atoms with Gasteiger partial charge in [-0.3, -0.25) is 19.1 Å². The summed E-state index contributed by atoms with van der Waals surface area (Å²) in [4.78, 5) is 31.2. The fraction of sp³-hybridized carbons (Fsp3) is 0.370. The van der Waals surface area contributed by atoms with E-state index in [-0.39, 0.29) is 11.5 Å². The molecule has 34 heavy (non-hydrogen) atoms. The van der Waals surface area contributed by atoms with Crippen molar-refractivity contribution in [3.05, 3.63) is 86.9 Å². The number of benzene rings is 2. The molecule has 6 nitrogen and oxygen atoms in total. The van der Waals surface area contributed by atoms with Gasteiger partial charge in [0.25, 0.3) is 11.5 Å². The number of rotatable bonds is 7. The fourth-order valence-corrected chi connectivity index (χ4v) is 5.28. The van der Waals surface area contributed by atoms with E-state index in [1.807, 2.05) is 6.07 Å². The summed E-state index contributed by atoms with van der Waals surface area (Å²) in [5.41, 5.74) is 3.21. The van der Waals surface area contributed by atoms with Gasteiger partial charge in [0.1, 0.15) is 0 Å². The molecular weight excluding hydrogens is 444 g/mol. The van der Waals surface area contributed by atoms with Crippen molar-refractivity contribution in [3.8, 4) is 0 Å². The van der Waals surface area contributed by atoms with E-state index in [2.05, 4.69) is 53.8 Å². The van der Waals surface area contributed by atoms with Crippen LogP contribution >= 0.6 is 12.2 Å². The van der Waals surface area contributed by atoms with Gasteiger partial charge in [0, 0.05) is 38.3 Å². The van der Waals surface area contributed by atoms with Gasteiger partial charge < -0.3 is 10.3 Å². The van der Waals surface area contributed by atoms with Gasteiger partial charge >= 0.3 is 0 Å². The van der Waals surface area contributed by atoms with Gasteiger partial charge in [-0.1, -0.05) is 44.2 Å². The van der Waals surface area contributed by atoms with Gasteiger partial charge in [-0.15, -0.1) is 6.58 Å². The Morgan fingerprint density at radius 2 is 1.88 bits per heavy atom. The number of carbonyl (C=O) groups is 1. The van der Waals surface area contributed by atoms with Gasteiger partial charge in [0.2, 0.25) is 0 Å². The number of carbonyl (C=O) groups excluding carboxylic acids is 1. The van der Waals surface area contributed by atoms with Crippen LogP contribution in [0.4, 0.5) is 0 Å². The first kappa shape index (κ1) is 24.1. The minimum absolute atomic E-state index is 0.188. The van der Waals surface area contributed by atoms with Crippen LogP contribution in [0.25, 0.3) is 10.9 Å². The summed E-state index contributed by atoms with van der Waals surface area (Å²) in [5.74, 6) is 1.22. The molecule has 0 spiro atoms. The van der Waals surface area contributed by atoms with Crippen LogP contribution in [0.2, 0.25) is 0 Å². The Bertz CT molecular complexity index is 1320. The molecule has 3 aromatic rings. The summed E-state index contributed by atoms with van der Waals surface area (Å²) in [6.07, 6.45) is 2.91. The maximum atomic E-state index is 12.9. The quantitative estimate of drug-likeness (QED) is 0.385. The maximum absolute atomic E-state index is 12.9. The van der Waals surface area contributed by atoms with Crippen molar-refractivity contribution in [2.45, 2.75) is 39.9 Å². The van der Waals surface area contributed by atoms with Crippen molar-refractivity contribution < 1.29 is 4.79 Å². The minimum Gasteiger partial charge on any atom is -0.348 e. The number of fused-ring (bicyclic) bond motifs is 1. The lowest BCUT2D eigenvalue weighted by Crippen LogP contribution is -2.38. The highest BCUT2D eigenvalue weighted by Gasteiger charge is 2.22. The lowest BCUT2D eigenvalue weighted by molar-refractivity contribution is 0.0950. The number of nitrogens with one attached hydrogen (secondary N) is 2. The molecule has 0 aliphatic carbocycles. The van der Waals surface area contributed by atoms with Crippen LogP contribution < -0.4 is 10.9 Å². The number of amides is 1. The molecule has 1 amide bonds. The molecule has 2 unspecified atom stereocenters. The number of piperidine rings is 1. The van der Waals surface area contributed by atoms with Gasteiger partial charge in [0.15, 0.2) is 4.77 Å². The minimum atomic E-state index is -0.194. The second-order valence-electron chi connectivity index (χ2n) is 9.49. The number of hydrogen-bond acceptors (Lipinski definition) is 4. The van der Waals surface area contributed by atoms with Crippen LogP contribution in [0.1, 0.15) is 41.8 Å². The van der Waals surface area contributed by atoms with Gasteiger partial charge in [-0.25, -0.2) is 0 Å². The molecular formula is C27H32N4O2S. The lowest BCUT2D eigenvalue weighted by atomic mass is 9.91. The lowest BCUT2D eigenvalue weighted by Gasteiger charge is -2.35. The number of nitrogens with zero attached hydrogens (tertiary/aromatic N) is 2.